The molecule has 1 unspecified atom stereocenters. The fraction of sp³-hybridized carbons (Fsp3) is 0.0769. The van der Waals surface area contributed by atoms with Gasteiger partial charge in [0.25, 0.3) is 0 Å². The molecule has 2 rings (SSSR count). The Labute approximate surface area is 136 Å². The van der Waals surface area contributed by atoms with Gasteiger partial charge in [0.05, 0.1) is 10.5 Å². The Balaban J connectivity index is 2.52. The molecule has 0 spiro atoms. The third kappa shape index (κ3) is 3.26. The molecule has 0 fully saturated rings. The summed E-state index contributed by atoms with van der Waals surface area (Å²) in [5, 5.41) is 0.504. The van der Waals surface area contributed by atoms with Crippen molar-refractivity contribution in [3.63, 3.8) is 0 Å². The molecule has 0 aliphatic carbocycles. The second-order valence-corrected chi connectivity index (χ2v) is 6.38. The van der Waals surface area contributed by atoms with Gasteiger partial charge in [-0.25, -0.2) is 8.78 Å². The fourth-order valence-corrected chi connectivity index (χ4v) is 2.86. The van der Waals surface area contributed by atoms with Crippen LogP contribution < -0.4 is 5.73 Å². The van der Waals surface area contributed by atoms with Gasteiger partial charge in [-0.2, -0.15) is 0 Å². The van der Waals surface area contributed by atoms with Crippen LogP contribution in [-0.4, -0.2) is 0 Å². The van der Waals surface area contributed by atoms with E-state index in [1.807, 2.05) is 0 Å². The molecule has 0 aromatic heterocycles. The number of halogens is 5. The van der Waals surface area contributed by atoms with Gasteiger partial charge in [-0.05, 0) is 74.4 Å². The average Bonchev–Trinajstić information content (AvgIpc) is 2.36. The summed E-state index contributed by atoms with van der Waals surface area (Å²) in [4.78, 5) is 0. The highest BCUT2D eigenvalue weighted by atomic mass is 127. The van der Waals surface area contributed by atoms with Gasteiger partial charge in [0.15, 0.2) is 0 Å². The third-order valence-corrected chi connectivity index (χ3v) is 4.49. The van der Waals surface area contributed by atoms with E-state index in [-0.39, 0.29) is 10.0 Å². The van der Waals surface area contributed by atoms with Crippen LogP contribution in [0.1, 0.15) is 17.2 Å². The highest BCUT2D eigenvalue weighted by Crippen LogP contribution is 2.30. The Bertz CT molecular complexity index is 636. The molecule has 0 saturated carbocycles. The molecular formula is C13H8BrClF2IN. The van der Waals surface area contributed by atoms with E-state index < -0.39 is 17.7 Å². The van der Waals surface area contributed by atoms with Crippen molar-refractivity contribution >= 4 is 50.1 Å². The zero-order chi connectivity index (χ0) is 14.2. The maximum absolute atomic E-state index is 13.9. The monoisotopic (exact) mass is 457 g/mol. The van der Waals surface area contributed by atoms with Crippen molar-refractivity contribution in [1.29, 1.82) is 0 Å². The molecule has 0 amide bonds. The predicted octanol–water partition coefficient (Wildman–Crippen LogP) is 5.03. The molecule has 2 N–H and O–H groups in total. The summed E-state index contributed by atoms with van der Waals surface area (Å²) >= 11 is 10.9. The molecule has 2 aromatic carbocycles. The lowest BCUT2D eigenvalue weighted by molar-refractivity contribution is 0.572. The van der Waals surface area contributed by atoms with E-state index in [1.54, 1.807) is 18.2 Å². The molecule has 0 heterocycles. The molecule has 6 heteroatoms. The standard InChI is InChI=1S/C13H8BrClF2IN/c14-9-5-10(16)7(4-11(9)17)13(19)8-3-6(15)1-2-12(8)18/h1-5,13H,19H2. The van der Waals surface area contributed by atoms with Crippen LogP contribution in [0.2, 0.25) is 5.02 Å². The molecule has 100 valence electrons. The molecule has 0 bridgehead atoms. The molecule has 19 heavy (non-hydrogen) atoms. The molecule has 2 aromatic rings. The van der Waals surface area contributed by atoms with Crippen molar-refractivity contribution in [3.8, 4) is 0 Å². The number of rotatable bonds is 2. The lowest BCUT2D eigenvalue weighted by Crippen LogP contribution is -2.15. The van der Waals surface area contributed by atoms with Crippen LogP contribution in [0.25, 0.3) is 0 Å². The van der Waals surface area contributed by atoms with E-state index in [0.717, 1.165) is 15.7 Å². The van der Waals surface area contributed by atoms with Crippen molar-refractivity contribution in [1.82, 2.24) is 0 Å². The van der Waals surface area contributed by atoms with Gasteiger partial charge in [-0.15, -0.1) is 0 Å². The second-order valence-electron chi connectivity index (χ2n) is 3.93. The molecule has 1 atom stereocenters. The average molecular weight is 458 g/mol. The van der Waals surface area contributed by atoms with Crippen molar-refractivity contribution in [2.45, 2.75) is 6.04 Å². The van der Waals surface area contributed by atoms with Crippen molar-refractivity contribution in [2.24, 2.45) is 5.73 Å². The summed E-state index contributed by atoms with van der Waals surface area (Å²) in [5.74, 6) is -1.11. The minimum atomic E-state index is -0.770. The van der Waals surface area contributed by atoms with Crippen molar-refractivity contribution in [2.75, 3.05) is 0 Å². The van der Waals surface area contributed by atoms with Crippen LogP contribution in [0, 0.1) is 15.2 Å². The van der Waals surface area contributed by atoms with Gasteiger partial charge in [-0.3, -0.25) is 0 Å². The topological polar surface area (TPSA) is 26.0 Å². The quantitative estimate of drug-likeness (QED) is 0.496. The van der Waals surface area contributed by atoms with E-state index in [9.17, 15) is 8.78 Å². The molecular weight excluding hydrogens is 450 g/mol. The second kappa shape index (κ2) is 6.03. The van der Waals surface area contributed by atoms with E-state index in [0.29, 0.717) is 10.6 Å². The van der Waals surface area contributed by atoms with E-state index in [1.165, 1.54) is 0 Å². The van der Waals surface area contributed by atoms with E-state index >= 15 is 0 Å². The highest BCUT2D eigenvalue weighted by Gasteiger charge is 2.18. The van der Waals surface area contributed by atoms with Gasteiger partial charge in [-0.1, -0.05) is 11.6 Å². The molecule has 0 radical (unpaired) electrons. The first kappa shape index (κ1) is 15.2. The largest absolute Gasteiger partial charge is 0.320 e. The van der Waals surface area contributed by atoms with Gasteiger partial charge in [0.1, 0.15) is 11.6 Å². The van der Waals surface area contributed by atoms with Gasteiger partial charge in [0, 0.05) is 14.2 Å². The SMILES string of the molecule is NC(c1cc(F)c(Br)cc1F)c1cc(Cl)ccc1I. The Hall–Kier alpha value is -0.240. The van der Waals surface area contributed by atoms with Gasteiger partial charge >= 0.3 is 0 Å². The zero-order valence-electron chi connectivity index (χ0n) is 9.43. The first-order valence-corrected chi connectivity index (χ1v) is 7.50. The van der Waals surface area contributed by atoms with Crippen LogP contribution in [0.4, 0.5) is 8.78 Å². The number of hydrogen-bond donors (Lipinski definition) is 1. The third-order valence-electron chi connectivity index (χ3n) is 2.67. The van der Waals surface area contributed by atoms with Crippen LogP contribution in [0.3, 0.4) is 0 Å². The van der Waals surface area contributed by atoms with Crippen LogP contribution in [-0.2, 0) is 0 Å². The number of hydrogen-bond acceptors (Lipinski definition) is 1. The normalized spacial score (nSPS) is 12.5. The molecule has 1 nitrogen and oxygen atoms in total. The van der Waals surface area contributed by atoms with Gasteiger partial charge in [0.2, 0.25) is 0 Å². The molecule has 0 aliphatic rings. The summed E-state index contributed by atoms with van der Waals surface area (Å²) in [7, 11) is 0. The maximum Gasteiger partial charge on any atom is 0.137 e. The van der Waals surface area contributed by atoms with Gasteiger partial charge < -0.3 is 5.73 Å². The summed E-state index contributed by atoms with van der Waals surface area (Å²) < 4.78 is 28.3. The number of nitrogens with two attached hydrogens (primary N) is 1. The Morgan fingerprint density at radius 1 is 1.11 bits per heavy atom. The Morgan fingerprint density at radius 2 is 1.79 bits per heavy atom. The van der Waals surface area contributed by atoms with E-state index in [2.05, 4.69) is 38.5 Å². The zero-order valence-corrected chi connectivity index (χ0v) is 13.9. The lowest BCUT2D eigenvalue weighted by atomic mass is 9.99. The van der Waals surface area contributed by atoms with Crippen LogP contribution >= 0.6 is 50.1 Å². The van der Waals surface area contributed by atoms with Crippen LogP contribution in [0.5, 0.6) is 0 Å². The van der Waals surface area contributed by atoms with Crippen LogP contribution in [0.15, 0.2) is 34.8 Å². The smallest absolute Gasteiger partial charge is 0.137 e. The van der Waals surface area contributed by atoms with E-state index in [4.69, 9.17) is 17.3 Å². The summed E-state index contributed by atoms with van der Waals surface area (Å²) in [6.45, 7) is 0. The van der Waals surface area contributed by atoms with Crippen molar-refractivity contribution in [3.05, 3.63) is 66.2 Å². The first-order chi connectivity index (χ1) is 8.90. The fourth-order valence-electron chi connectivity index (χ4n) is 1.70. The minimum Gasteiger partial charge on any atom is -0.320 e. The molecule has 0 aliphatic heterocycles. The molecule has 0 saturated heterocycles. The number of benzene rings is 2. The predicted molar refractivity (Wildman–Crippen MR) is 84.3 cm³/mol. The summed E-state index contributed by atoms with van der Waals surface area (Å²) in [5.41, 5.74) is 6.78. The van der Waals surface area contributed by atoms with Crippen molar-refractivity contribution < 1.29 is 8.78 Å². The first-order valence-electron chi connectivity index (χ1n) is 5.25. The Morgan fingerprint density at radius 3 is 2.47 bits per heavy atom. The lowest BCUT2D eigenvalue weighted by Gasteiger charge is -2.16. The summed E-state index contributed by atoms with van der Waals surface area (Å²) in [6.07, 6.45) is 0. The Kier molecular flexibility index (Phi) is 4.81. The minimum absolute atomic E-state index is 0.0711. The maximum atomic E-state index is 13.9. The highest BCUT2D eigenvalue weighted by molar-refractivity contribution is 14.1. The summed E-state index contributed by atoms with van der Waals surface area (Å²) in [6, 6.07) is 6.56.